The number of rotatable bonds is 16. The minimum absolute atomic E-state index is 0.879. The molecule has 0 aromatic heterocycles. The summed E-state index contributed by atoms with van der Waals surface area (Å²) in [6.07, 6.45) is 18.1. The molecule has 0 unspecified atom stereocenters. The van der Waals surface area contributed by atoms with Crippen molar-refractivity contribution in [1.29, 1.82) is 0 Å². The molecular weight excluding hydrogens is 542 g/mol. The van der Waals surface area contributed by atoms with Gasteiger partial charge in [-0.3, -0.25) is 0 Å². The maximum atomic E-state index is 2.36. The van der Waals surface area contributed by atoms with Crippen LogP contribution in [-0.4, -0.2) is 24.6 Å². The summed E-state index contributed by atoms with van der Waals surface area (Å²) in [6, 6.07) is 44.0. The Hall–Kier alpha value is -2.26. The Morgan fingerprint density at radius 1 is 0.333 bits per heavy atom. The molecular formula is C40H58P2. The van der Waals surface area contributed by atoms with Crippen LogP contribution in [0.25, 0.3) is 0 Å². The Bertz CT molecular complexity index is 1000. The van der Waals surface area contributed by atoms with Gasteiger partial charge in [0.25, 0.3) is 0 Å². The third kappa shape index (κ3) is 9.37. The minimum atomic E-state index is -2.30. The summed E-state index contributed by atoms with van der Waals surface area (Å²) in [7, 11) is -3.18. The average Bonchev–Trinajstić information content (AvgIpc) is 3.07. The van der Waals surface area contributed by atoms with E-state index in [0.717, 1.165) is 0 Å². The number of benzene rings is 4. The van der Waals surface area contributed by atoms with Gasteiger partial charge in [-0.25, -0.2) is 0 Å². The summed E-state index contributed by atoms with van der Waals surface area (Å²) >= 11 is 0. The van der Waals surface area contributed by atoms with Crippen LogP contribution >= 0.6 is 14.5 Å². The molecule has 0 atom stereocenters. The second kappa shape index (κ2) is 19.1. The molecule has 0 saturated carbocycles. The molecule has 0 radical (unpaired) electrons. The monoisotopic (exact) mass is 600 g/mol. The number of hydrogen-bond acceptors (Lipinski definition) is 0. The van der Waals surface area contributed by atoms with E-state index in [1.165, 1.54) is 72.6 Å². The Morgan fingerprint density at radius 3 is 0.738 bits per heavy atom. The first kappa shape index (κ1) is 34.2. The van der Waals surface area contributed by atoms with Gasteiger partial charge in [0, 0.05) is 0 Å². The van der Waals surface area contributed by atoms with Gasteiger partial charge in [-0.15, -0.1) is 0 Å². The molecule has 0 spiro atoms. The Morgan fingerprint density at radius 2 is 0.548 bits per heavy atom. The van der Waals surface area contributed by atoms with Crippen LogP contribution in [-0.2, 0) is 0 Å². The molecule has 0 heterocycles. The zero-order valence-corrected chi connectivity index (χ0v) is 29.0. The van der Waals surface area contributed by atoms with Gasteiger partial charge in [-0.1, -0.05) is 0 Å². The van der Waals surface area contributed by atoms with Gasteiger partial charge in [0.05, 0.1) is 0 Å². The van der Waals surface area contributed by atoms with Crippen molar-refractivity contribution in [2.75, 3.05) is 24.6 Å². The van der Waals surface area contributed by atoms with Crippen molar-refractivity contribution in [3.05, 3.63) is 121 Å². The second-order valence-electron chi connectivity index (χ2n) is 12.1. The van der Waals surface area contributed by atoms with E-state index < -0.39 is 14.5 Å². The fourth-order valence-corrected chi connectivity index (χ4v) is 17.4. The third-order valence-corrected chi connectivity index (χ3v) is 19.5. The van der Waals surface area contributed by atoms with E-state index in [2.05, 4.69) is 149 Å². The van der Waals surface area contributed by atoms with Crippen LogP contribution in [0, 0.1) is 0 Å². The summed E-state index contributed by atoms with van der Waals surface area (Å²) < 4.78 is 0. The molecule has 2 heteroatoms. The third-order valence-electron chi connectivity index (χ3n) is 9.07. The molecule has 0 aliphatic rings. The first-order valence-electron chi connectivity index (χ1n) is 16.9. The summed E-state index contributed by atoms with van der Waals surface area (Å²) in [5, 5.41) is 5.66. The Balaban J connectivity index is 0.000000252. The molecule has 0 saturated heterocycles. The van der Waals surface area contributed by atoms with Crippen molar-refractivity contribution in [1.82, 2.24) is 0 Å². The average molecular weight is 601 g/mol. The van der Waals surface area contributed by atoms with Crippen molar-refractivity contribution in [3.8, 4) is 0 Å². The quantitative estimate of drug-likeness (QED) is 0.112. The predicted octanol–water partition coefficient (Wildman–Crippen LogP) is 9.97. The Kier molecular flexibility index (Phi) is 15.6. The number of hydrogen-bond donors (Lipinski definition) is 0. The zero-order valence-electron chi connectivity index (χ0n) is 27.0. The van der Waals surface area contributed by atoms with Crippen LogP contribution in [0.15, 0.2) is 121 Å². The van der Waals surface area contributed by atoms with E-state index in [9.17, 15) is 0 Å². The van der Waals surface area contributed by atoms with Crippen LogP contribution in [0.3, 0.4) is 0 Å². The van der Waals surface area contributed by atoms with Gasteiger partial charge in [0.15, 0.2) is 0 Å². The van der Waals surface area contributed by atoms with Crippen LogP contribution < -0.4 is 21.2 Å². The summed E-state index contributed by atoms with van der Waals surface area (Å²) in [6.45, 7) is 9.44. The molecule has 0 fully saturated rings. The van der Waals surface area contributed by atoms with Crippen LogP contribution in [0.1, 0.15) is 79.1 Å². The predicted molar refractivity (Wildman–Crippen MR) is 200 cm³/mol. The SMILES string of the molecule is CCCC[PH](CCCC)(CCCC)CCCC.c1ccc([PH](c2ccccc2)(c2ccccc2)c2ccccc2)cc1. The molecule has 228 valence electrons. The number of unbranched alkanes of at least 4 members (excludes halogenated alkanes) is 4. The van der Waals surface area contributed by atoms with Crippen LogP contribution in [0.2, 0.25) is 0 Å². The molecule has 0 nitrogen and oxygen atoms in total. The van der Waals surface area contributed by atoms with E-state index in [1.807, 2.05) is 0 Å². The normalized spacial score (nSPS) is 12.3. The van der Waals surface area contributed by atoms with Crippen molar-refractivity contribution < 1.29 is 0 Å². The van der Waals surface area contributed by atoms with Crippen molar-refractivity contribution >= 4 is 35.7 Å². The molecule has 42 heavy (non-hydrogen) atoms. The van der Waals surface area contributed by atoms with E-state index >= 15 is 0 Å². The van der Waals surface area contributed by atoms with Gasteiger partial charge in [-0.05, 0) is 0 Å². The summed E-state index contributed by atoms with van der Waals surface area (Å²) in [4.78, 5) is 0. The summed E-state index contributed by atoms with van der Waals surface area (Å²) in [5.41, 5.74) is 0. The first-order chi connectivity index (χ1) is 20.7. The molecule has 4 aromatic carbocycles. The van der Waals surface area contributed by atoms with Crippen molar-refractivity contribution in [3.63, 3.8) is 0 Å². The van der Waals surface area contributed by atoms with E-state index in [-0.39, 0.29) is 0 Å². The van der Waals surface area contributed by atoms with Crippen LogP contribution in [0.4, 0.5) is 0 Å². The fourth-order valence-electron chi connectivity index (χ4n) is 6.71. The molecule has 0 N–H and O–H groups in total. The van der Waals surface area contributed by atoms with Crippen LogP contribution in [0.5, 0.6) is 0 Å². The zero-order chi connectivity index (χ0) is 29.9. The first-order valence-corrected chi connectivity index (χ1v) is 21.7. The fraction of sp³-hybridized carbons (Fsp3) is 0.400. The van der Waals surface area contributed by atoms with Gasteiger partial charge in [0.1, 0.15) is 0 Å². The molecule has 0 aliphatic carbocycles. The Labute approximate surface area is 260 Å². The topological polar surface area (TPSA) is 0 Å². The molecule has 4 aromatic rings. The molecule has 0 bridgehead atoms. The standard InChI is InChI=1S/C24H21P.C16H37P/c1-5-13-21(14-6-1)25(22-15-7-2-8-16-22,23-17-9-3-10-18-23)24-19-11-4-12-20-24;1-5-9-13-17(14-10-6-2,15-11-7-3)16-12-8-4/h1-20,25H;17H,5-16H2,1-4H3. The van der Waals surface area contributed by atoms with Crippen molar-refractivity contribution in [2.45, 2.75) is 79.1 Å². The van der Waals surface area contributed by atoms with Gasteiger partial charge in [-0.2, -0.15) is 0 Å². The van der Waals surface area contributed by atoms with Gasteiger partial charge < -0.3 is 0 Å². The van der Waals surface area contributed by atoms with E-state index in [0.29, 0.717) is 0 Å². The van der Waals surface area contributed by atoms with E-state index in [4.69, 9.17) is 0 Å². The molecule has 4 rings (SSSR count). The maximum absolute atomic E-state index is 2.36. The molecule has 0 amide bonds. The van der Waals surface area contributed by atoms with Gasteiger partial charge in [0.2, 0.25) is 0 Å². The second-order valence-corrected chi connectivity index (χ2v) is 20.9. The summed E-state index contributed by atoms with van der Waals surface area (Å²) in [5.74, 6) is 0. The molecule has 0 aliphatic heterocycles. The van der Waals surface area contributed by atoms with E-state index in [1.54, 1.807) is 24.6 Å². The van der Waals surface area contributed by atoms with Crippen molar-refractivity contribution in [2.24, 2.45) is 0 Å². The van der Waals surface area contributed by atoms with Gasteiger partial charge >= 0.3 is 261 Å².